The Morgan fingerprint density at radius 3 is 1.07 bits per heavy atom. The van der Waals surface area contributed by atoms with E-state index in [1.807, 2.05) is 0 Å². The van der Waals surface area contributed by atoms with E-state index in [4.69, 9.17) is 10.2 Å². The van der Waals surface area contributed by atoms with E-state index in [1.165, 1.54) is 12.1 Å². The van der Waals surface area contributed by atoms with Crippen molar-refractivity contribution < 1.29 is 57.6 Å². The van der Waals surface area contributed by atoms with Crippen LogP contribution in [0.4, 0.5) is 22.7 Å². The van der Waals surface area contributed by atoms with Crippen molar-refractivity contribution in [2.75, 3.05) is 0 Å². The summed E-state index contributed by atoms with van der Waals surface area (Å²) in [5.41, 5.74) is -3.20. The van der Waals surface area contributed by atoms with Crippen LogP contribution in [0, 0.1) is 40.5 Å². The van der Waals surface area contributed by atoms with E-state index in [-0.39, 0.29) is 27.7 Å². The number of hydrogen-bond donors (Lipinski definition) is 2. The van der Waals surface area contributed by atoms with Gasteiger partial charge in [-0.1, -0.05) is 12.1 Å². The standard InChI is InChI=1S/2C6H4N2O5.Hg/c2*9-5-3-1-2-4(7(10)11)6(5)8(12)13;/h2*1-3,9H;. The first kappa shape index (κ1) is 23.6. The maximum Gasteiger partial charge on any atom is 0.387 e. The van der Waals surface area contributed by atoms with Crippen molar-refractivity contribution in [3.63, 3.8) is 0 Å². The van der Waals surface area contributed by atoms with Crippen LogP contribution < -0.4 is 0 Å². The molecule has 0 radical (unpaired) electrons. The summed E-state index contributed by atoms with van der Waals surface area (Å²) in [4.78, 5) is 37.3. The first-order chi connectivity index (χ1) is 12.1. The molecule has 14 nitrogen and oxygen atoms in total. The molecule has 15 heteroatoms. The van der Waals surface area contributed by atoms with Crippen LogP contribution in [0.3, 0.4) is 0 Å². The molecule has 2 aromatic rings. The minimum absolute atomic E-state index is 0. The molecule has 0 aliphatic rings. The van der Waals surface area contributed by atoms with E-state index in [0.717, 1.165) is 24.3 Å². The minimum Gasteiger partial charge on any atom is -0.502 e. The molecule has 0 atom stereocenters. The van der Waals surface area contributed by atoms with Gasteiger partial charge in [0.25, 0.3) is 0 Å². The Kier molecular flexibility index (Phi) is 8.65. The van der Waals surface area contributed by atoms with Crippen LogP contribution in [0.15, 0.2) is 36.4 Å². The molecule has 0 aliphatic heterocycles. The van der Waals surface area contributed by atoms with Crippen LogP contribution in [-0.4, -0.2) is 29.9 Å². The van der Waals surface area contributed by atoms with Crippen molar-refractivity contribution in [3.05, 3.63) is 76.9 Å². The van der Waals surface area contributed by atoms with E-state index in [1.54, 1.807) is 0 Å². The second-order valence-corrected chi connectivity index (χ2v) is 4.32. The zero-order valence-electron chi connectivity index (χ0n) is 13.1. The first-order valence-electron chi connectivity index (χ1n) is 6.29. The zero-order chi connectivity index (χ0) is 20.0. The van der Waals surface area contributed by atoms with Gasteiger partial charge in [-0.3, -0.25) is 40.5 Å². The van der Waals surface area contributed by atoms with E-state index in [0.29, 0.717) is 0 Å². The summed E-state index contributed by atoms with van der Waals surface area (Å²) < 4.78 is 0. The Bertz CT molecular complexity index is 830. The molecular formula is C12H8HgN4O10. The van der Waals surface area contributed by atoms with Crippen LogP contribution >= 0.6 is 0 Å². The van der Waals surface area contributed by atoms with Gasteiger partial charge in [0.05, 0.1) is 19.7 Å². The Labute approximate surface area is 168 Å². The van der Waals surface area contributed by atoms with Gasteiger partial charge in [-0.15, -0.1) is 0 Å². The second-order valence-electron chi connectivity index (χ2n) is 4.32. The fourth-order valence-corrected chi connectivity index (χ4v) is 1.71. The van der Waals surface area contributed by atoms with Gasteiger partial charge < -0.3 is 10.2 Å². The number of nitrogens with zero attached hydrogens (tertiary/aromatic N) is 4. The molecular weight excluding hydrogens is 561 g/mol. The number of rotatable bonds is 4. The average molecular weight is 569 g/mol. The minimum atomic E-state index is -0.993. The van der Waals surface area contributed by atoms with Gasteiger partial charge in [-0.05, 0) is 12.1 Å². The molecule has 0 saturated carbocycles. The van der Waals surface area contributed by atoms with Gasteiger partial charge in [0.15, 0.2) is 0 Å². The Balaban J connectivity index is 0.000000483. The molecule has 0 saturated heterocycles. The maximum atomic E-state index is 10.3. The molecule has 0 spiro atoms. The SMILES string of the molecule is O=[N+]([O-])c1cccc(O)c1[N+](=O)[O-].O=[N+]([O-])c1cccc(O)c1[N+](=O)[O-].[Hg]. The molecule has 2 rings (SSSR count). The largest absolute Gasteiger partial charge is 0.502 e. The quantitative estimate of drug-likeness (QED) is 0.312. The first-order valence-corrected chi connectivity index (χ1v) is 6.29. The fourth-order valence-electron chi connectivity index (χ4n) is 1.71. The van der Waals surface area contributed by atoms with Crippen molar-refractivity contribution >= 4 is 22.7 Å². The number of hydrogen-bond acceptors (Lipinski definition) is 10. The Hall–Kier alpha value is -3.42. The summed E-state index contributed by atoms with van der Waals surface area (Å²) in [6, 6.07) is 6.28. The molecule has 27 heavy (non-hydrogen) atoms. The average Bonchev–Trinajstić information content (AvgIpc) is 2.54. The van der Waals surface area contributed by atoms with Crippen molar-refractivity contribution in [1.29, 1.82) is 0 Å². The summed E-state index contributed by atoms with van der Waals surface area (Å²) in [5, 5.41) is 59.0. The molecule has 2 aromatic carbocycles. The predicted molar refractivity (Wildman–Crippen MR) is 82.8 cm³/mol. The van der Waals surface area contributed by atoms with Crippen molar-refractivity contribution in [2.45, 2.75) is 0 Å². The molecule has 0 fully saturated rings. The number of aromatic hydroxyl groups is 2. The fraction of sp³-hybridized carbons (Fsp3) is 0. The number of nitro groups is 4. The smallest absolute Gasteiger partial charge is 0.387 e. The van der Waals surface area contributed by atoms with Crippen LogP contribution in [0.25, 0.3) is 0 Å². The van der Waals surface area contributed by atoms with Gasteiger partial charge >= 0.3 is 22.7 Å². The second kappa shape index (κ2) is 9.90. The molecule has 0 amide bonds. The van der Waals surface area contributed by atoms with Crippen molar-refractivity contribution in [2.24, 2.45) is 0 Å². The molecule has 0 aromatic heterocycles. The van der Waals surface area contributed by atoms with Crippen LogP contribution in [0.5, 0.6) is 11.5 Å². The van der Waals surface area contributed by atoms with Gasteiger partial charge in [-0.25, -0.2) is 0 Å². The molecule has 0 heterocycles. The molecule has 138 valence electrons. The van der Waals surface area contributed by atoms with Crippen LogP contribution in [0.1, 0.15) is 0 Å². The number of phenolic OH excluding ortho intramolecular Hbond substituents is 2. The van der Waals surface area contributed by atoms with Gasteiger partial charge in [0.2, 0.25) is 11.5 Å². The number of benzene rings is 2. The van der Waals surface area contributed by atoms with E-state index < -0.39 is 53.9 Å². The van der Waals surface area contributed by atoms with Crippen LogP contribution in [0.2, 0.25) is 0 Å². The summed E-state index contributed by atoms with van der Waals surface area (Å²) in [6.07, 6.45) is 0. The molecule has 0 bridgehead atoms. The van der Waals surface area contributed by atoms with Gasteiger partial charge in [-0.2, -0.15) is 0 Å². The maximum absolute atomic E-state index is 10.3. The Morgan fingerprint density at radius 2 is 0.889 bits per heavy atom. The Morgan fingerprint density at radius 1 is 0.593 bits per heavy atom. The molecule has 0 aliphatic carbocycles. The van der Waals surface area contributed by atoms with Gasteiger partial charge in [0.1, 0.15) is 0 Å². The van der Waals surface area contributed by atoms with Crippen LogP contribution in [-0.2, 0) is 27.7 Å². The zero-order valence-corrected chi connectivity index (χ0v) is 18.6. The summed E-state index contributed by atoms with van der Waals surface area (Å²) in [7, 11) is 0. The summed E-state index contributed by atoms with van der Waals surface area (Å²) in [5.74, 6) is -1.42. The molecule has 2 N–H and O–H groups in total. The third-order valence-corrected chi connectivity index (χ3v) is 2.75. The summed E-state index contributed by atoms with van der Waals surface area (Å²) >= 11 is 0. The third kappa shape index (κ3) is 5.80. The van der Waals surface area contributed by atoms with E-state index in [2.05, 4.69) is 0 Å². The third-order valence-electron chi connectivity index (χ3n) is 2.75. The number of para-hydroxylation sites is 2. The number of nitro benzene ring substituents is 4. The topological polar surface area (TPSA) is 213 Å². The van der Waals surface area contributed by atoms with E-state index in [9.17, 15) is 40.5 Å². The van der Waals surface area contributed by atoms with Gasteiger partial charge in [0, 0.05) is 39.8 Å². The predicted octanol–water partition coefficient (Wildman–Crippen LogP) is 2.41. The van der Waals surface area contributed by atoms with Crippen molar-refractivity contribution in [1.82, 2.24) is 0 Å². The normalized spacial score (nSPS) is 9.19. The van der Waals surface area contributed by atoms with Crippen molar-refractivity contribution in [3.8, 4) is 11.5 Å². The summed E-state index contributed by atoms with van der Waals surface area (Å²) in [6.45, 7) is 0. The number of phenols is 2. The van der Waals surface area contributed by atoms with E-state index >= 15 is 0 Å². The monoisotopic (exact) mass is 570 g/mol. The molecule has 0 unspecified atom stereocenters.